The molecule has 0 amide bonds. The number of hydrogen-bond donors (Lipinski definition) is 2. The highest BCUT2D eigenvalue weighted by Gasteiger charge is 2.62. The average molecular weight is 280 g/mol. The molecule has 5 atom stereocenters. The molecule has 1 aromatic carbocycles. The standard InChI is InChI=1S/C15H20O5/c1-2-6-12(16)15(17)13-11(20-15)9-18-14(19-13)10-7-4-3-5-8-10/h3-5,7-8,11-14,16-17H,2,6,9H2,1H3/t11-,12+,13-,14?,15?/m1/s1. The van der Waals surface area contributed by atoms with Crippen molar-refractivity contribution < 1.29 is 24.4 Å². The first kappa shape index (κ1) is 14.0. The van der Waals surface area contributed by atoms with Crippen LogP contribution in [0, 0.1) is 0 Å². The minimum absolute atomic E-state index is 0.313. The predicted octanol–water partition coefficient (Wildman–Crippen LogP) is 1.35. The first-order valence-corrected chi connectivity index (χ1v) is 7.05. The molecule has 0 aliphatic carbocycles. The fraction of sp³-hybridized carbons (Fsp3) is 0.600. The first-order chi connectivity index (χ1) is 9.65. The monoisotopic (exact) mass is 280 g/mol. The Labute approximate surface area is 118 Å². The van der Waals surface area contributed by atoms with Gasteiger partial charge in [0.1, 0.15) is 18.3 Å². The Morgan fingerprint density at radius 1 is 1.35 bits per heavy atom. The zero-order valence-corrected chi connectivity index (χ0v) is 11.4. The van der Waals surface area contributed by atoms with Gasteiger partial charge in [0.2, 0.25) is 5.79 Å². The highest BCUT2D eigenvalue weighted by atomic mass is 16.8. The molecular weight excluding hydrogens is 260 g/mol. The molecule has 2 heterocycles. The normalized spacial score (nSPS) is 37.9. The van der Waals surface area contributed by atoms with Gasteiger partial charge in [-0.3, -0.25) is 0 Å². The first-order valence-electron chi connectivity index (χ1n) is 7.05. The number of aliphatic hydroxyl groups excluding tert-OH is 1. The predicted molar refractivity (Wildman–Crippen MR) is 70.7 cm³/mol. The Kier molecular flexibility index (Phi) is 3.79. The number of hydrogen-bond acceptors (Lipinski definition) is 5. The Morgan fingerprint density at radius 2 is 2.10 bits per heavy atom. The number of aliphatic hydroxyl groups is 2. The van der Waals surface area contributed by atoms with Gasteiger partial charge in [0.05, 0.1) is 6.61 Å². The van der Waals surface area contributed by atoms with Crippen molar-refractivity contribution in [3.8, 4) is 0 Å². The summed E-state index contributed by atoms with van der Waals surface area (Å²) in [6, 6.07) is 9.55. The van der Waals surface area contributed by atoms with Crippen LogP contribution in [0.1, 0.15) is 31.6 Å². The smallest absolute Gasteiger partial charge is 0.222 e. The van der Waals surface area contributed by atoms with E-state index in [-0.39, 0.29) is 6.10 Å². The minimum Gasteiger partial charge on any atom is -0.387 e. The molecule has 0 radical (unpaired) electrons. The molecule has 2 N–H and O–H groups in total. The lowest BCUT2D eigenvalue weighted by Crippen LogP contribution is -2.73. The van der Waals surface area contributed by atoms with Crippen LogP contribution < -0.4 is 0 Å². The number of benzene rings is 1. The van der Waals surface area contributed by atoms with Gasteiger partial charge in [-0.05, 0) is 6.42 Å². The van der Waals surface area contributed by atoms with E-state index in [1.807, 2.05) is 37.3 Å². The quantitative estimate of drug-likeness (QED) is 0.871. The molecule has 5 nitrogen and oxygen atoms in total. The summed E-state index contributed by atoms with van der Waals surface area (Å²) in [6.07, 6.45) is -1.09. The summed E-state index contributed by atoms with van der Waals surface area (Å²) in [5.41, 5.74) is 0.894. The van der Waals surface area contributed by atoms with E-state index in [4.69, 9.17) is 14.2 Å². The zero-order chi connectivity index (χ0) is 14.2. The molecule has 20 heavy (non-hydrogen) atoms. The van der Waals surface area contributed by atoms with Crippen molar-refractivity contribution >= 4 is 0 Å². The third-order valence-corrected chi connectivity index (χ3v) is 3.88. The fourth-order valence-corrected chi connectivity index (χ4v) is 2.76. The van der Waals surface area contributed by atoms with Gasteiger partial charge in [-0.25, -0.2) is 0 Å². The lowest BCUT2D eigenvalue weighted by molar-refractivity contribution is -0.466. The van der Waals surface area contributed by atoms with E-state index in [0.29, 0.717) is 13.0 Å². The molecule has 5 heteroatoms. The molecule has 0 spiro atoms. The molecule has 0 aromatic heterocycles. The lowest BCUT2D eigenvalue weighted by Gasteiger charge is -2.55. The summed E-state index contributed by atoms with van der Waals surface area (Å²) in [6.45, 7) is 2.30. The molecule has 0 saturated carbocycles. The van der Waals surface area contributed by atoms with Gasteiger partial charge in [0, 0.05) is 5.56 Å². The van der Waals surface area contributed by atoms with E-state index in [1.54, 1.807) is 0 Å². The van der Waals surface area contributed by atoms with Crippen molar-refractivity contribution in [1.82, 2.24) is 0 Å². The fourth-order valence-electron chi connectivity index (χ4n) is 2.76. The lowest BCUT2D eigenvalue weighted by atomic mass is 9.89. The summed E-state index contributed by atoms with van der Waals surface area (Å²) in [7, 11) is 0. The molecule has 1 aromatic rings. The highest BCUT2D eigenvalue weighted by molar-refractivity contribution is 5.17. The van der Waals surface area contributed by atoms with Crippen LogP contribution in [0.3, 0.4) is 0 Å². The van der Waals surface area contributed by atoms with Gasteiger partial charge in [-0.2, -0.15) is 0 Å². The van der Waals surface area contributed by atoms with Gasteiger partial charge < -0.3 is 24.4 Å². The topological polar surface area (TPSA) is 68.2 Å². The van der Waals surface area contributed by atoms with E-state index in [2.05, 4.69) is 0 Å². The van der Waals surface area contributed by atoms with Crippen LogP contribution in [0.5, 0.6) is 0 Å². The maximum absolute atomic E-state index is 10.4. The minimum atomic E-state index is -1.61. The molecule has 2 fully saturated rings. The van der Waals surface area contributed by atoms with Crippen molar-refractivity contribution in [3.05, 3.63) is 35.9 Å². The third-order valence-electron chi connectivity index (χ3n) is 3.88. The summed E-state index contributed by atoms with van der Waals surface area (Å²) >= 11 is 0. The van der Waals surface area contributed by atoms with Crippen molar-refractivity contribution in [2.75, 3.05) is 6.61 Å². The van der Waals surface area contributed by atoms with Gasteiger partial charge in [-0.15, -0.1) is 0 Å². The van der Waals surface area contributed by atoms with Crippen LogP contribution in [0.25, 0.3) is 0 Å². The van der Waals surface area contributed by atoms with Crippen molar-refractivity contribution in [3.63, 3.8) is 0 Å². The van der Waals surface area contributed by atoms with Crippen molar-refractivity contribution in [1.29, 1.82) is 0 Å². The van der Waals surface area contributed by atoms with Crippen LogP contribution >= 0.6 is 0 Å². The molecular formula is C15H20O5. The maximum Gasteiger partial charge on any atom is 0.222 e. The van der Waals surface area contributed by atoms with Gasteiger partial charge in [0.15, 0.2) is 6.29 Å². The summed E-state index contributed by atoms with van der Waals surface area (Å²) < 4.78 is 16.8. The number of ether oxygens (including phenoxy) is 3. The molecule has 110 valence electrons. The van der Waals surface area contributed by atoms with Crippen LogP contribution in [-0.4, -0.2) is 40.9 Å². The summed E-state index contributed by atoms with van der Waals surface area (Å²) in [4.78, 5) is 0. The van der Waals surface area contributed by atoms with E-state index in [0.717, 1.165) is 12.0 Å². The molecule has 2 aliphatic rings. The van der Waals surface area contributed by atoms with E-state index >= 15 is 0 Å². The second-order valence-electron chi connectivity index (χ2n) is 5.35. The highest BCUT2D eigenvalue weighted by Crippen LogP contribution is 2.43. The SMILES string of the molecule is CCC[C@H](O)C1(O)O[C@@H]2COC(c3ccccc3)O[C@H]21. The van der Waals surface area contributed by atoms with Crippen molar-refractivity contribution in [2.45, 2.75) is 50.2 Å². The Bertz CT molecular complexity index is 451. The molecule has 3 rings (SSSR count). The second kappa shape index (κ2) is 5.42. The molecule has 2 aliphatic heterocycles. The van der Waals surface area contributed by atoms with Crippen LogP contribution in [0.15, 0.2) is 30.3 Å². The Balaban J connectivity index is 1.71. The Morgan fingerprint density at radius 3 is 2.80 bits per heavy atom. The maximum atomic E-state index is 10.4. The Hall–Kier alpha value is -0.980. The van der Waals surface area contributed by atoms with E-state index in [1.165, 1.54) is 0 Å². The van der Waals surface area contributed by atoms with Gasteiger partial charge >= 0.3 is 0 Å². The van der Waals surface area contributed by atoms with Crippen LogP contribution in [0.2, 0.25) is 0 Å². The second-order valence-corrected chi connectivity index (χ2v) is 5.35. The average Bonchev–Trinajstić information content (AvgIpc) is 2.47. The van der Waals surface area contributed by atoms with E-state index < -0.39 is 24.3 Å². The van der Waals surface area contributed by atoms with Gasteiger partial charge in [-0.1, -0.05) is 43.7 Å². The summed E-state index contributed by atoms with van der Waals surface area (Å²) in [5, 5.41) is 20.4. The van der Waals surface area contributed by atoms with Crippen LogP contribution in [-0.2, 0) is 14.2 Å². The van der Waals surface area contributed by atoms with Gasteiger partial charge in [0.25, 0.3) is 0 Å². The van der Waals surface area contributed by atoms with Crippen molar-refractivity contribution in [2.24, 2.45) is 0 Å². The number of rotatable bonds is 4. The summed E-state index contributed by atoms with van der Waals surface area (Å²) in [5.74, 6) is -1.61. The number of fused-ring (bicyclic) bond motifs is 1. The third kappa shape index (κ3) is 2.25. The molecule has 2 unspecified atom stereocenters. The van der Waals surface area contributed by atoms with Crippen LogP contribution in [0.4, 0.5) is 0 Å². The molecule has 0 bridgehead atoms. The van der Waals surface area contributed by atoms with E-state index in [9.17, 15) is 10.2 Å². The largest absolute Gasteiger partial charge is 0.387 e. The zero-order valence-electron chi connectivity index (χ0n) is 11.4. The molecule has 2 saturated heterocycles.